The highest BCUT2D eigenvalue weighted by Crippen LogP contribution is 2.20. The normalized spacial score (nSPS) is 9.88. The van der Waals surface area contributed by atoms with E-state index in [1.165, 1.54) is 13.0 Å². The van der Waals surface area contributed by atoms with Gasteiger partial charge in [-0.1, -0.05) is 19.1 Å². The molecule has 0 bridgehead atoms. The lowest BCUT2D eigenvalue weighted by molar-refractivity contribution is -0.385. The molecular formula is C11H14N2O3. The topological polar surface area (TPSA) is 72.2 Å². The van der Waals surface area contributed by atoms with Crippen LogP contribution in [-0.4, -0.2) is 10.8 Å². The standard InChI is InChI=1S/C11H14N2O3/c1-3-10-5-4-9(7-12-8(2)14)6-11(10)13(15)16/h4-6H,3,7H2,1-2H3,(H,12,14). The molecule has 0 heterocycles. The van der Waals surface area contributed by atoms with E-state index >= 15 is 0 Å². The van der Waals surface area contributed by atoms with Gasteiger partial charge in [-0.15, -0.1) is 0 Å². The molecule has 0 spiro atoms. The lowest BCUT2D eigenvalue weighted by atomic mass is 10.1. The summed E-state index contributed by atoms with van der Waals surface area (Å²) >= 11 is 0. The molecule has 1 N–H and O–H groups in total. The van der Waals surface area contributed by atoms with Crippen LogP contribution in [0.3, 0.4) is 0 Å². The Morgan fingerprint density at radius 2 is 2.19 bits per heavy atom. The van der Waals surface area contributed by atoms with Crippen molar-refractivity contribution in [2.75, 3.05) is 0 Å². The van der Waals surface area contributed by atoms with E-state index in [1.54, 1.807) is 12.1 Å². The Morgan fingerprint density at radius 3 is 2.69 bits per heavy atom. The molecule has 0 aliphatic rings. The average Bonchev–Trinajstić information content (AvgIpc) is 2.25. The van der Waals surface area contributed by atoms with Gasteiger partial charge in [0.2, 0.25) is 5.91 Å². The molecule has 0 saturated heterocycles. The van der Waals surface area contributed by atoms with Crippen molar-refractivity contribution in [2.45, 2.75) is 26.8 Å². The van der Waals surface area contributed by atoms with Gasteiger partial charge in [-0.2, -0.15) is 0 Å². The van der Waals surface area contributed by atoms with Gasteiger partial charge in [0.1, 0.15) is 0 Å². The van der Waals surface area contributed by atoms with Crippen LogP contribution >= 0.6 is 0 Å². The number of benzene rings is 1. The number of hydrogen-bond acceptors (Lipinski definition) is 3. The van der Waals surface area contributed by atoms with Crippen LogP contribution in [0.15, 0.2) is 18.2 Å². The molecule has 0 fully saturated rings. The fraction of sp³-hybridized carbons (Fsp3) is 0.364. The second kappa shape index (κ2) is 5.25. The number of nitro groups is 1. The van der Waals surface area contributed by atoms with E-state index < -0.39 is 4.92 Å². The maximum absolute atomic E-state index is 10.8. The molecule has 0 aromatic heterocycles. The number of carbonyl (C=O) groups is 1. The second-order valence-electron chi connectivity index (χ2n) is 3.48. The summed E-state index contributed by atoms with van der Waals surface area (Å²) in [6.45, 7) is 3.60. The number of amides is 1. The van der Waals surface area contributed by atoms with E-state index in [1.807, 2.05) is 6.92 Å². The lowest BCUT2D eigenvalue weighted by Crippen LogP contribution is -2.18. The molecule has 0 aliphatic carbocycles. The van der Waals surface area contributed by atoms with Gasteiger partial charge in [0.25, 0.3) is 5.69 Å². The lowest BCUT2D eigenvalue weighted by Gasteiger charge is -2.05. The number of nitrogens with zero attached hydrogens (tertiary/aromatic N) is 1. The number of nitro benzene ring substituents is 1. The Balaban J connectivity index is 2.93. The minimum absolute atomic E-state index is 0.116. The molecule has 5 nitrogen and oxygen atoms in total. The number of aryl methyl sites for hydroxylation is 1. The Kier molecular flexibility index (Phi) is 3.99. The average molecular weight is 222 g/mol. The minimum Gasteiger partial charge on any atom is -0.352 e. The third kappa shape index (κ3) is 3.05. The van der Waals surface area contributed by atoms with E-state index in [9.17, 15) is 14.9 Å². The zero-order chi connectivity index (χ0) is 12.1. The predicted octanol–water partition coefficient (Wildman–Crippen LogP) is 1.79. The van der Waals surface area contributed by atoms with Crippen LogP contribution in [0.1, 0.15) is 25.0 Å². The summed E-state index contributed by atoms with van der Waals surface area (Å²) in [4.78, 5) is 21.1. The summed E-state index contributed by atoms with van der Waals surface area (Å²) in [5.74, 6) is -0.151. The molecule has 0 atom stereocenters. The minimum atomic E-state index is -0.393. The van der Waals surface area contributed by atoms with Crippen molar-refractivity contribution in [3.8, 4) is 0 Å². The molecule has 86 valence electrons. The van der Waals surface area contributed by atoms with Gasteiger partial charge in [0.05, 0.1) is 4.92 Å². The maximum Gasteiger partial charge on any atom is 0.272 e. The molecule has 1 amide bonds. The van der Waals surface area contributed by atoms with Gasteiger partial charge < -0.3 is 5.32 Å². The first-order valence-electron chi connectivity index (χ1n) is 5.05. The largest absolute Gasteiger partial charge is 0.352 e. The van der Waals surface area contributed by atoms with E-state index in [-0.39, 0.29) is 11.6 Å². The van der Waals surface area contributed by atoms with Gasteiger partial charge in [-0.05, 0) is 12.0 Å². The van der Waals surface area contributed by atoms with Gasteiger partial charge in [0.15, 0.2) is 0 Å². The summed E-state index contributed by atoms with van der Waals surface area (Å²) in [5.41, 5.74) is 1.56. The fourth-order valence-corrected chi connectivity index (χ4v) is 1.41. The zero-order valence-electron chi connectivity index (χ0n) is 9.32. The summed E-state index contributed by atoms with van der Waals surface area (Å²) in [5, 5.41) is 13.4. The first-order valence-corrected chi connectivity index (χ1v) is 5.05. The third-order valence-electron chi connectivity index (χ3n) is 2.27. The van der Waals surface area contributed by atoms with Crippen molar-refractivity contribution in [3.63, 3.8) is 0 Å². The maximum atomic E-state index is 10.8. The SMILES string of the molecule is CCc1ccc(CNC(C)=O)cc1[N+](=O)[O-]. The summed E-state index contributed by atoms with van der Waals surface area (Å²) in [6.07, 6.45) is 0.622. The van der Waals surface area contributed by atoms with Crippen LogP contribution < -0.4 is 5.32 Å². The number of rotatable bonds is 4. The Hall–Kier alpha value is -1.91. The molecule has 0 aliphatic heterocycles. The van der Waals surface area contributed by atoms with E-state index in [2.05, 4.69) is 5.32 Å². The van der Waals surface area contributed by atoms with Crippen LogP contribution in [0.4, 0.5) is 5.69 Å². The quantitative estimate of drug-likeness (QED) is 0.623. The van der Waals surface area contributed by atoms with Crippen LogP contribution in [0, 0.1) is 10.1 Å². The molecule has 0 radical (unpaired) electrons. The third-order valence-corrected chi connectivity index (χ3v) is 2.27. The van der Waals surface area contributed by atoms with Gasteiger partial charge in [-0.3, -0.25) is 14.9 Å². The summed E-state index contributed by atoms with van der Waals surface area (Å²) in [6, 6.07) is 5.03. The Bertz CT molecular complexity index is 416. The Morgan fingerprint density at radius 1 is 1.50 bits per heavy atom. The number of nitrogens with one attached hydrogen (secondary N) is 1. The first-order chi connectivity index (χ1) is 7.54. The van der Waals surface area contributed by atoms with Crippen LogP contribution in [-0.2, 0) is 17.8 Å². The Labute approximate surface area is 93.6 Å². The molecule has 1 aromatic rings. The fourth-order valence-electron chi connectivity index (χ4n) is 1.41. The second-order valence-corrected chi connectivity index (χ2v) is 3.48. The monoisotopic (exact) mass is 222 g/mol. The zero-order valence-corrected chi connectivity index (χ0v) is 9.32. The van der Waals surface area contributed by atoms with Crippen molar-refractivity contribution in [1.29, 1.82) is 0 Å². The van der Waals surface area contributed by atoms with Crippen molar-refractivity contribution in [3.05, 3.63) is 39.4 Å². The van der Waals surface area contributed by atoms with Crippen LogP contribution in [0.2, 0.25) is 0 Å². The van der Waals surface area contributed by atoms with Crippen molar-refractivity contribution < 1.29 is 9.72 Å². The number of hydrogen-bond donors (Lipinski definition) is 1. The molecule has 1 aromatic carbocycles. The molecular weight excluding hydrogens is 208 g/mol. The van der Waals surface area contributed by atoms with E-state index in [4.69, 9.17) is 0 Å². The van der Waals surface area contributed by atoms with Crippen LogP contribution in [0.25, 0.3) is 0 Å². The molecule has 16 heavy (non-hydrogen) atoms. The van der Waals surface area contributed by atoms with Gasteiger partial charge >= 0.3 is 0 Å². The summed E-state index contributed by atoms with van der Waals surface area (Å²) < 4.78 is 0. The van der Waals surface area contributed by atoms with Crippen LogP contribution in [0.5, 0.6) is 0 Å². The van der Waals surface area contributed by atoms with Crippen molar-refractivity contribution in [1.82, 2.24) is 5.32 Å². The first kappa shape index (κ1) is 12.2. The molecule has 1 rings (SSSR count). The van der Waals surface area contributed by atoms with E-state index in [0.717, 1.165) is 5.56 Å². The summed E-state index contributed by atoms with van der Waals surface area (Å²) in [7, 11) is 0. The van der Waals surface area contributed by atoms with Crippen molar-refractivity contribution in [2.24, 2.45) is 0 Å². The number of carbonyl (C=O) groups excluding carboxylic acids is 1. The highest BCUT2D eigenvalue weighted by molar-refractivity contribution is 5.72. The highest BCUT2D eigenvalue weighted by atomic mass is 16.6. The van der Waals surface area contributed by atoms with Gasteiger partial charge in [-0.25, -0.2) is 0 Å². The molecule has 5 heteroatoms. The van der Waals surface area contributed by atoms with Gasteiger partial charge in [0, 0.05) is 25.1 Å². The van der Waals surface area contributed by atoms with Crippen molar-refractivity contribution >= 4 is 11.6 Å². The highest BCUT2D eigenvalue weighted by Gasteiger charge is 2.12. The van der Waals surface area contributed by atoms with E-state index in [0.29, 0.717) is 18.5 Å². The molecule has 0 unspecified atom stereocenters. The smallest absolute Gasteiger partial charge is 0.272 e. The molecule has 0 saturated carbocycles. The predicted molar refractivity (Wildman–Crippen MR) is 60.0 cm³/mol.